The Morgan fingerprint density at radius 1 is 0.871 bits per heavy atom. The Morgan fingerprint density at radius 3 is 1.84 bits per heavy atom. The number of carbonyl (C=O) groups is 2. The van der Waals surface area contributed by atoms with Crippen molar-refractivity contribution < 1.29 is 19.5 Å². The molecule has 7 nitrogen and oxygen atoms in total. The number of hydrogen-bond acceptors (Lipinski definition) is 5. The second-order valence-electron chi connectivity index (χ2n) is 6.41. The molecule has 31 heavy (non-hydrogen) atoms. The Kier molecular flexibility index (Phi) is 7.32. The van der Waals surface area contributed by atoms with Gasteiger partial charge in [0.25, 0.3) is 5.91 Å². The number of fused-ring (bicyclic) bond motifs is 2. The average molecular weight is 547 g/mol. The molecular weight excluding hydrogens is 530 g/mol. The second-order valence-corrected chi connectivity index (χ2v) is 8.24. The van der Waals surface area contributed by atoms with Crippen molar-refractivity contribution in [1.82, 2.24) is 15.0 Å². The summed E-state index contributed by atoms with van der Waals surface area (Å²) in [6, 6.07) is 14.0. The molecule has 0 fully saturated rings. The van der Waals surface area contributed by atoms with Crippen LogP contribution in [-0.2, 0) is 4.84 Å². The van der Waals surface area contributed by atoms with Crippen LogP contribution in [0.4, 0.5) is 0 Å². The Balaban J connectivity index is 0.000000179. The standard InChI is InChI=1S/C12H11BrN2O2.C10H6BrNO2/c1-15(17-2)12(16)8-3-4-11-9(5-8)6-10(13)7-14-11;11-8-4-7-3-6(10(13)14)1-2-9(7)12-5-8/h3-7H,1-2H3;1-5H,(H,13,14). The van der Waals surface area contributed by atoms with E-state index in [1.807, 2.05) is 18.2 Å². The summed E-state index contributed by atoms with van der Waals surface area (Å²) in [5, 5.41) is 11.7. The Morgan fingerprint density at radius 2 is 1.35 bits per heavy atom. The van der Waals surface area contributed by atoms with Gasteiger partial charge in [0, 0.05) is 44.7 Å². The number of hydroxylamine groups is 2. The molecule has 0 bridgehead atoms. The van der Waals surface area contributed by atoms with Crippen LogP contribution in [0.3, 0.4) is 0 Å². The smallest absolute Gasteiger partial charge is 0.335 e. The third kappa shape index (κ3) is 5.63. The van der Waals surface area contributed by atoms with E-state index in [-0.39, 0.29) is 11.5 Å². The molecule has 0 atom stereocenters. The zero-order chi connectivity index (χ0) is 22.5. The topological polar surface area (TPSA) is 92.6 Å². The van der Waals surface area contributed by atoms with Gasteiger partial charge in [0.05, 0.1) is 23.7 Å². The van der Waals surface area contributed by atoms with E-state index in [0.29, 0.717) is 5.56 Å². The van der Waals surface area contributed by atoms with Crippen LogP contribution >= 0.6 is 31.9 Å². The number of benzene rings is 2. The first-order valence-electron chi connectivity index (χ1n) is 8.94. The quantitative estimate of drug-likeness (QED) is 0.349. The maximum atomic E-state index is 11.9. The first kappa shape index (κ1) is 22.8. The Labute approximate surface area is 194 Å². The number of nitrogens with zero attached hydrogens (tertiary/aromatic N) is 3. The summed E-state index contributed by atoms with van der Waals surface area (Å²) in [5.74, 6) is -1.11. The number of carboxylic acid groups (broad SMARTS) is 1. The number of aromatic nitrogens is 2. The number of rotatable bonds is 3. The summed E-state index contributed by atoms with van der Waals surface area (Å²) in [5.41, 5.74) is 2.49. The van der Waals surface area contributed by atoms with Crippen LogP contribution in [0, 0.1) is 0 Å². The first-order valence-corrected chi connectivity index (χ1v) is 10.5. The lowest BCUT2D eigenvalue weighted by atomic mass is 10.1. The summed E-state index contributed by atoms with van der Waals surface area (Å²) in [6.45, 7) is 0. The highest BCUT2D eigenvalue weighted by Crippen LogP contribution is 2.20. The van der Waals surface area contributed by atoms with E-state index >= 15 is 0 Å². The fourth-order valence-corrected chi connectivity index (χ4v) is 3.44. The summed E-state index contributed by atoms with van der Waals surface area (Å²) < 4.78 is 1.72. The van der Waals surface area contributed by atoms with E-state index in [1.54, 1.807) is 49.8 Å². The predicted molar refractivity (Wildman–Crippen MR) is 125 cm³/mol. The molecule has 0 unspecified atom stereocenters. The van der Waals surface area contributed by atoms with Crippen LogP contribution in [-0.4, -0.2) is 46.2 Å². The number of pyridine rings is 2. The minimum atomic E-state index is -0.924. The van der Waals surface area contributed by atoms with Crippen molar-refractivity contribution in [2.24, 2.45) is 0 Å². The molecule has 2 aromatic heterocycles. The molecule has 0 spiro atoms. The molecule has 0 saturated carbocycles. The van der Waals surface area contributed by atoms with E-state index in [9.17, 15) is 9.59 Å². The van der Waals surface area contributed by atoms with Crippen molar-refractivity contribution in [3.8, 4) is 0 Å². The number of carboxylic acids is 1. The van der Waals surface area contributed by atoms with E-state index in [2.05, 4.69) is 41.8 Å². The van der Waals surface area contributed by atoms with Gasteiger partial charge in [0.1, 0.15) is 0 Å². The van der Waals surface area contributed by atoms with Crippen LogP contribution in [0.2, 0.25) is 0 Å². The summed E-state index contributed by atoms with van der Waals surface area (Å²) in [4.78, 5) is 35.8. The minimum Gasteiger partial charge on any atom is -0.478 e. The molecule has 0 saturated heterocycles. The maximum Gasteiger partial charge on any atom is 0.335 e. The highest BCUT2D eigenvalue weighted by molar-refractivity contribution is 9.10. The number of hydrogen-bond donors (Lipinski definition) is 1. The third-order valence-electron chi connectivity index (χ3n) is 4.35. The lowest BCUT2D eigenvalue weighted by Crippen LogP contribution is -2.25. The van der Waals surface area contributed by atoms with E-state index in [4.69, 9.17) is 9.94 Å². The van der Waals surface area contributed by atoms with Gasteiger partial charge < -0.3 is 5.11 Å². The molecule has 0 aliphatic rings. The molecule has 158 valence electrons. The lowest BCUT2D eigenvalue weighted by Gasteiger charge is -2.13. The molecule has 1 N–H and O–H groups in total. The van der Waals surface area contributed by atoms with Gasteiger partial charge in [-0.1, -0.05) is 0 Å². The van der Waals surface area contributed by atoms with Crippen molar-refractivity contribution in [3.05, 3.63) is 81.0 Å². The van der Waals surface area contributed by atoms with Crippen LogP contribution in [0.25, 0.3) is 21.8 Å². The van der Waals surface area contributed by atoms with Gasteiger partial charge in [-0.25, -0.2) is 9.86 Å². The van der Waals surface area contributed by atoms with Crippen molar-refractivity contribution >= 4 is 65.5 Å². The second kappa shape index (κ2) is 9.95. The van der Waals surface area contributed by atoms with Gasteiger partial charge in [-0.05, 0) is 80.4 Å². The van der Waals surface area contributed by atoms with Gasteiger partial charge in [-0.3, -0.25) is 19.6 Å². The van der Waals surface area contributed by atoms with Gasteiger partial charge in [0.15, 0.2) is 0 Å². The van der Waals surface area contributed by atoms with E-state index in [1.165, 1.54) is 12.2 Å². The summed E-state index contributed by atoms with van der Waals surface area (Å²) >= 11 is 6.64. The molecule has 9 heteroatoms. The zero-order valence-corrected chi connectivity index (χ0v) is 19.7. The lowest BCUT2D eigenvalue weighted by molar-refractivity contribution is -0.0756. The molecule has 2 aromatic carbocycles. The monoisotopic (exact) mass is 545 g/mol. The maximum absolute atomic E-state index is 11.9. The largest absolute Gasteiger partial charge is 0.478 e. The van der Waals surface area contributed by atoms with Gasteiger partial charge in [-0.2, -0.15) is 0 Å². The molecule has 4 rings (SSSR count). The highest BCUT2D eigenvalue weighted by atomic mass is 79.9. The fraction of sp³-hybridized carbons (Fsp3) is 0.0909. The molecular formula is C22H17Br2N3O4. The van der Waals surface area contributed by atoms with Gasteiger partial charge in [0.2, 0.25) is 0 Å². The number of aromatic carboxylic acids is 1. The SMILES string of the molecule is CON(C)C(=O)c1ccc2ncc(Br)cc2c1.O=C(O)c1ccc2ncc(Br)cc2c1. The van der Waals surface area contributed by atoms with Crippen LogP contribution in [0.5, 0.6) is 0 Å². The van der Waals surface area contributed by atoms with Gasteiger partial charge in [-0.15, -0.1) is 0 Å². The van der Waals surface area contributed by atoms with Crippen molar-refractivity contribution in [2.75, 3.05) is 14.2 Å². The number of amides is 1. The normalized spacial score (nSPS) is 10.5. The molecule has 1 amide bonds. The molecule has 0 radical (unpaired) electrons. The van der Waals surface area contributed by atoms with Crippen molar-refractivity contribution in [1.29, 1.82) is 0 Å². The summed E-state index contributed by atoms with van der Waals surface area (Å²) in [6.07, 6.45) is 3.41. The minimum absolute atomic E-state index is 0.186. The summed E-state index contributed by atoms with van der Waals surface area (Å²) in [7, 11) is 3.03. The molecule has 0 aliphatic heterocycles. The fourth-order valence-electron chi connectivity index (χ4n) is 2.74. The van der Waals surface area contributed by atoms with Crippen molar-refractivity contribution in [2.45, 2.75) is 0 Å². The van der Waals surface area contributed by atoms with E-state index in [0.717, 1.165) is 30.8 Å². The van der Waals surface area contributed by atoms with Crippen LogP contribution in [0.1, 0.15) is 20.7 Å². The number of carbonyl (C=O) groups excluding carboxylic acids is 1. The molecule has 4 aromatic rings. The van der Waals surface area contributed by atoms with Crippen molar-refractivity contribution in [3.63, 3.8) is 0 Å². The van der Waals surface area contributed by atoms with Crippen LogP contribution < -0.4 is 0 Å². The highest BCUT2D eigenvalue weighted by Gasteiger charge is 2.11. The first-order chi connectivity index (χ1) is 14.8. The van der Waals surface area contributed by atoms with E-state index < -0.39 is 5.97 Å². The van der Waals surface area contributed by atoms with Crippen LogP contribution in [0.15, 0.2) is 69.9 Å². The zero-order valence-electron chi connectivity index (χ0n) is 16.5. The predicted octanol–water partition coefficient (Wildman–Crippen LogP) is 5.33. The Hall–Kier alpha value is -2.88. The number of halogens is 2. The average Bonchev–Trinajstić information content (AvgIpc) is 2.77. The Bertz CT molecular complexity index is 1280. The molecule has 2 heterocycles. The van der Waals surface area contributed by atoms with Gasteiger partial charge >= 0.3 is 5.97 Å². The molecule has 0 aliphatic carbocycles. The third-order valence-corrected chi connectivity index (χ3v) is 5.22.